The van der Waals surface area contributed by atoms with E-state index in [4.69, 9.17) is 17.3 Å². The highest BCUT2D eigenvalue weighted by Gasteiger charge is 2.21. The molecule has 0 radical (unpaired) electrons. The Labute approximate surface area is 128 Å². The van der Waals surface area contributed by atoms with Gasteiger partial charge in [-0.25, -0.2) is 0 Å². The zero-order valence-corrected chi connectivity index (χ0v) is 13.1. The molecule has 1 aromatic carbocycles. The number of benzene rings is 1. The van der Waals surface area contributed by atoms with Crippen LogP contribution in [0, 0.1) is 10.1 Å². The Morgan fingerprint density at radius 3 is 2.48 bits per heavy atom. The van der Waals surface area contributed by atoms with Gasteiger partial charge in [0.2, 0.25) is 0 Å². The maximum absolute atomic E-state index is 12.3. The van der Waals surface area contributed by atoms with Crippen LogP contribution >= 0.6 is 11.6 Å². The molecule has 21 heavy (non-hydrogen) atoms. The quantitative estimate of drug-likeness (QED) is 0.491. The third-order valence-corrected chi connectivity index (χ3v) is 3.31. The van der Waals surface area contributed by atoms with Crippen molar-refractivity contribution in [2.45, 2.75) is 6.42 Å². The molecule has 0 aromatic heterocycles. The summed E-state index contributed by atoms with van der Waals surface area (Å²) in [5, 5.41) is 10.8. The second-order valence-corrected chi connectivity index (χ2v) is 5.44. The van der Waals surface area contributed by atoms with Crippen molar-refractivity contribution in [3.05, 3.63) is 32.8 Å². The molecule has 116 valence electrons. The first-order valence-electron chi connectivity index (χ1n) is 6.37. The van der Waals surface area contributed by atoms with Crippen molar-refractivity contribution in [3.63, 3.8) is 0 Å². The number of amides is 1. The minimum atomic E-state index is -0.603. The summed E-state index contributed by atoms with van der Waals surface area (Å²) < 4.78 is 0. The van der Waals surface area contributed by atoms with Crippen molar-refractivity contribution in [1.82, 2.24) is 9.80 Å². The smallest absolute Gasteiger partial charge is 0.271 e. The third kappa shape index (κ3) is 4.57. The van der Waals surface area contributed by atoms with Crippen LogP contribution in [0.15, 0.2) is 12.1 Å². The maximum Gasteiger partial charge on any atom is 0.271 e. The number of halogens is 1. The number of nitro groups is 1. The minimum Gasteiger partial charge on any atom is -0.397 e. The Hall–Kier alpha value is -1.86. The number of nitrogens with zero attached hydrogens (tertiary/aromatic N) is 3. The van der Waals surface area contributed by atoms with E-state index in [0.717, 1.165) is 25.1 Å². The average Bonchev–Trinajstić information content (AvgIpc) is 2.40. The van der Waals surface area contributed by atoms with E-state index >= 15 is 0 Å². The number of hydrogen-bond donors (Lipinski definition) is 1. The normalized spacial score (nSPS) is 10.7. The van der Waals surface area contributed by atoms with Gasteiger partial charge in [-0.3, -0.25) is 14.9 Å². The summed E-state index contributed by atoms with van der Waals surface area (Å²) in [6, 6.07) is 2.30. The summed E-state index contributed by atoms with van der Waals surface area (Å²) >= 11 is 5.85. The largest absolute Gasteiger partial charge is 0.397 e. The summed E-state index contributed by atoms with van der Waals surface area (Å²) in [5.41, 5.74) is 5.63. The Morgan fingerprint density at radius 2 is 1.95 bits per heavy atom. The predicted octanol–water partition coefficient (Wildman–Crippen LogP) is 1.85. The van der Waals surface area contributed by atoms with E-state index in [1.807, 2.05) is 19.0 Å². The van der Waals surface area contributed by atoms with E-state index in [1.165, 1.54) is 4.90 Å². The van der Waals surface area contributed by atoms with Crippen molar-refractivity contribution >= 4 is 28.9 Å². The van der Waals surface area contributed by atoms with Crippen molar-refractivity contribution in [2.75, 3.05) is 40.0 Å². The molecule has 0 atom stereocenters. The van der Waals surface area contributed by atoms with Crippen molar-refractivity contribution < 1.29 is 9.72 Å². The predicted molar refractivity (Wildman–Crippen MR) is 82.7 cm³/mol. The Morgan fingerprint density at radius 1 is 1.33 bits per heavy atom. The van der Waals surface area contributed by atoms with Gasteiger partial charge >= 0.3 is 0 Å². The van der Waals surface area contributed by atoms with Gasteiger partial charge < -0.3 is 15.5 Å². The first-order valence-corrected chi connectivity index (χ1v) is 6.75. The molecular weight excluding hydrogens is 296 g/mol. The second kappa shape index (κ2) is 7.24. The zero-order valence-electron chi connectivity index (χ0n) is 12.3. The Balaban J connectivity index is 2.93. The van der Waals surface area contributed by atoms with Gasteiger partial charge in [0.15, 0.2) is 0 Å². The highest BCUT2D eigenvalue weighted by Crippen LogP contribution is 2.29. The summed E-state index contributed by atoms with van der Waals surface area (Å²) in [5.74, 6) is -0.378. The van der Waals surface area contributed by atoms with Gasteiger partial charge in [-0.05, 0) is 27.1 Å². The molecule has 1 amide bonds. The molecule has 0 saturated carbocycles. The van der Waals surface area contributed by atoms with Gasteiger partial charge in [0, 0.05) is 25.7 Å². The molecule has 0 heterocycles. The lowest BCUT2D eigenvalue weighted by molar-refractivity contribution is -0.384. The SMILES string of the molecule is CN(C)CCCN(C)C(=O)c1cc([N+](=O)[O-])cc(Cl)c1N. The van der Waals surface area contributed by atoms with Crippen LogP contribution in [0.3, 0.4) is 0 Å². The lowest BCUT2D eigenvalue weighted by atomic mass is 10.1. The number of carbonyl (C=O) groups excluding carboxylic acids is 1. The summed E-state index contributed by atoms with van der Waals surface area (Å²) in [6.07, 6.45) is 0.789. The molecule has 0 aliphatic rings. The van der Waals surface area contributed by atoms with Crippen LogP contribution in [0.25, 0.3) is 0 Å². The first-order chi connectivity index (χ1) is 9.73. The Bertz CT molecular complexity index is 548. The topological polar surface area (TPSA) is 92.7 Å². The molecule has 0 aliphatic carbocycles. The second-order valence-electron chi connectivity index (χ2n) is 5.03. The minimum absolute atomic E-state index is 0.00856. The number of anilines is 1. The molecule has 7 nitrogen and oxygen atoms in total. The lowest BCUT2D eigenvalue weighted by Crippen LogP contribution is -2.30. The lowest BCUT2D eigenvalue weighted by Gasteiger charge is -2.19. The molecule has 8 heteroatoms. The van der Waals surface area contributed by atoms with Gasteiger partial charge in [-0.2, -0.15) is 0 Å². The summed E-state index contributed by atoms with van der Waals surface area (Å²) in [6.45, 7) is 1.36. The van der Waals surface area contributed by atoms with E-state index in [9.17, 15) is 14.9 Å². The number of nitrogens with two attached hydrogens (primary N) is 1. The van der Waals surface area contributed by atoms with E-state index in [0.29, 0.717) is 6.54 Å². The molecule has 0 aliphatic heterocycles. The number of nitro benzene ring substituents is 1. The molecule has 2 N–H and O–H groups in total. The van der Waals surface area contributed by atoms with Gasteiger partial charge in [-0.1, -0.05) is 11.6 Å². The number of hydrogen-bond acceptors (Lipinski definition) is 5. The summed E-state index contributed by atoms with van der Waals surface area (Å²) in [4.78, 5) is 26.0. The number of nitrogen functional groups attached to an aromatic ring is 1. The van der Waals surface area contributed by atoms with Crippen LogP contribution in [0.5, 0.6) is 0 Å². The van der Waals surface area contributed by atoms with Gasteiger partial charge in [0.05, 0.1) is 21.2 Å². The molecule has 1 aromatic rings. The fraction of sp³-hybridized carbons (Fsp3) is 0.462. The maximum atomic E-state index is 12.3. The number of rotatable bonds is 6. The van der Waals surface area contributed by atoms with E-state index in [2.05, 4.69) is 0 Å². The van der Waals surface area contributed by atoms with Gasteiger partial charge in [0.25, 0.3) is 11.6 Å². The fourth-order valence-corrected chi connectivity index (χ4v) is 2.03. The molecule has 0 unspecified atom stereocenters. The summed E-state index contributed by atoms with van der Waals surface area (Å²) in [7, 11) is 5.52. The van der Waals surface area contributed by atoms with Crippen molar-refractivity contribution in [2.24, 2.45) is 0 Å². The standard InChI is InChI=1S/C13H19ClN4O3/c1-16(2)5-4-6-17(3)13(19)10-7-9(18(20)21)8-11(14)12(10)15/h7-8H,4-6,15H2,1-3H3. The van der Waals surface area contributed by atoms with Crippen molar-refractivity contribution in [1.29, 1.82) is 0 Å². The van der Waals surface area contributed by atoms with E-state index < -0.39 is 4.92 Å². The average molecular weight is 315 g/mol. The highest BCUT2D eigenvalue weighted by molar-refractivity contribution is 6.34. The van der Waals surface area contributed by atoms with E-state index in [-0.39, 0.29) is 27.9 Å². The number of carbonyl (C=O) groups is 1. The molecule has 0 spiro atoms. The molecule has 0 fully saturated rings. The third-order valence-electron chi connectivity index (χ3n) is 3.00. The van der Waals surface area contributed by atoms with Crippen LogP contribution in [0.2, 0.25) is 5.02 Å². The monoisotopic (exact) mass is 314 g/mol. The van der Waals surface area contributed by atoms with Gasteiger partial charge in [-0.15, -0.1) is 0 Å². The van der Waals surface area contributed by atoms with Crippen LogP contribution in [0.1, 0.15) is 16.8 Å². The van der Waals surface area contributed by atoms with Crippen LogP contribution in [-0.2, 0) is 0 Å². The van der Waals surface area contributed by atoms with Gasteiger partial charge in [0.1, 0.15) is 0 Å². The highest BCUT2D eigenvalue weighted by atomic mass is 35.5. The molecule has 1 rings (SSSR count). The van der Waals surface area contributed by atoms with E-state index in [1.54, 1.807) is 7.05 Å². The van der Waals surface area contributed by atoms with Crippen molar-refractivity contribution in [3.8, 4) is 0 Å². The Kier molecular flexibility index (Phi) is 5.92. The first kappa shape index (κ1) is 17.2. The molecule has 0 saturated heterocycles. The van der Waals surface area contributed by atoms with Crippen LogP contribution in [-0.4, -0.2) is 54.9 Å². The fourth-order valence-electron chi connectivity index (χ4n) is 1.82. The molecular formula is C13H19ClN4O3. The zero-order chi connectivity index (χ0) is 16.2. The molecule has 0 bridgehead atoms. The number of non-ortho nitro benzene ring substituents is 1. The van der Waals surface area contributed by atoms with Crippen LogP contribution < -0.4 is 5.73 Å². The van der Waals surface area contributed by atoms with Crippen LogP contribution in [0.4, 0.5) is 11.4 Å².